The predicted octanol–water partition coefficient (Wildman–Crippen LogP) is 12.7. The van der Waals surface area contributed by atoms with Gasteiger partial charge in [-0.25, -0.2) is 0 Å². The highest BCUT2D eigenvalue weighted by Gasteiger charge is 2.18. The fraction of sp³-hybridized carbons (Fsp3) is 0.0426. The van der Waals surface area contributed by atoms with Crippen LogP contribution in [0.1, 0.15) is 29.2 Å². The summed E-state index contributed by atoms with van der Waals surface area (Å²) in [4.78, 5) is 7.25. The number of anilines is 4. The lowest BCUT2D eigenvalue weighted by molar-refractivity contribution is 0.474. The van der Waals surface area contributed by atoms with Gasteiger partial charge >= 0.3 is 0 Å². The molecule has 7 aromatic rings. The van der Waals surface area contributed by atoms with Crippen LogP contribution < -0.4 is 15.5 Å². The first kappa shape index (κ1) is 41.2. The number of sulfonamides is 1. The second-order valence-electron chi connectivity index (χ2n) is 13.5. The first-order chi connectivity index (χ1) is 28.4. The summed E-state index contributed by atoms with van der Waals surface area (Å²) in [5.74, 6) is 0.545. The first-order valence-corrected chi connectivity index (χ1v) is 22.2. The second-order valence-corrected chi connectivity index (χ2v) is 18.2. The fourth-order valence-electron chi connectivity index (χ4n) is 5.99. The number of aryl methyl sites for hydroxylation is 1. The Morgan fingerprint density at radius 2 is 1.12 bits per heavy atom. The predicted molar refractivity (Wildman–Crippen MR) is 246 cm³/mol. The number of para-hydroxylation sites is 2. The van der Waals surface area contributed by atoms with Crippen molar-refractivity contribution in [3.05, 3.63) is 191 Å². The van der Waals surface area contributed by atoms with E-state index in [-0.39, 0.29) is 10.6 Å². The van der Waals surface area contributed by atoms with Crippen molar-refractivity contribution in [3.8, 4) is 11.5 Å². The highest BCUT2D eigenvalue weighted by Crippen LogP contribution is 2.46. The summed E-state index contributed by atoms with van der Waals surface area (Å²) in [5.41, 5.74) is 9.56. The molecule has 2 heterocycles. The minimum Gasteiger partial charge on any atom is -0.508 e. The van der Waals surface area contributed by atoms with Gasteiger partial charge in [0.05, 0.1) is 33.4 Å². The quantitative estimate of drug-likeness (QED) is 0.0826. The van der Waals surface area contributed by atoms with E-state index in [1.807, 2.05) is 67.6 Å². The van der Waals surface area contributed by atoms with E-state index >= 15 is 0 Å². The van der Waals surface area contributed by atoms with Crippen molar-refractivity contribution in [3.63, 3.8) is 0 Å². The van der Waals surface area contributed by atoms with Gasteiger partial charge in [0.1, 0.15) is 11.5 Å². The molecule has 0 radical (unpaired) electrons. The molecule has 2 aliphatic heterocycles. The van der Waals surface area contributed by atoms with Gasteiger partial charge in [-0.1, -0.05) is 118 Å². The van der Waals surface area contributed by atoms with Crippen molar-refractivity contribution in [1.29, 1.82) is 0 Å². The van der Waals surface area contributed by atoms with Crippen LogP contribution in [0.25, 0.3) is 5.57 Å². The minimum atomic E-state index is -3.69. The Morgan fingerprint density at radius 1 is 0.610 bits per heavy atom. The van der Waals surface area contributed by atoms with Crippen molar-refractivity contribution in [1.82, 2.24) is 4.83 Å². The number of nitrogens with one attached hydrogen (secondary N) is 3. The van der Waals surface area contributed by atoms with E-state index in [4.69, 9.17) is 5.11 Å². The summed E-state index contributed by atoms with van der Waals surface area (Å²) in [6.45, 7) is 7.87. The van der Waals surface area contributed by atoms with Crippen molar-refractivity contribution < 1.29 is 18.6 Å². The zero-order valence-corrected chi connectivity index (χ0v) is 36.0. The number of benzene rings is 7. The SMILES string of the molecule is C/C(=N\NS(=O)(=O)c1ccc(C)cc1)c1ccc2c(c1)Nc1ccccc1S2.C=C(c1cccc(O)c1)c1ccc2c(c1)Nc1ccccc1S2.Oc1cccc(Br)c1. The molecule has 5 N–H and O–H groups in total. The molecule has 0 amide bonds. The molecule has 59 heavy (non-hydrogen) atoms. The van der Waals surface area contributed by atoms with E-state index in [2.05, 4.69) is 85.5 Å². The third-order valence-electron chi connectivity index (χ3n) is 9.15. The molecule has 7 aromatic carbocycles. The van der Waals surface area contributed by atoms with Gasteiger partial charge in [-0.2, -0.15) is 18.4 Å². The summed E-state index contributed by atoms with van der Waals surface area (Å²) >= 11 is 6.68. The van der Waals surface area contributed by atoms with Gasteiger partial charge < -0.3 is 20.8 Å². The third-order valence-corrected chi connectivity index (χ3v) is 13.2. The number of aromatic hydroxyl groups is 2. The molecular weight excluding hydrogens is 861 g/mol. The topological polar surface area (TPSA) is 123 Å². The maximum atomic E-state index is 12.4. The van der Waals surface area contributed by atoms with Crippen LogP contribution in [-0.4, -0.2) is 24.3 Å². The smallest absolute Gasteiger partial charge is 0.276 e. The Kier molecular flexibility index (Phi) is 12.8. The lowest BCUT2D eigenvalue weighted by Gasteiger charge is -2.21. The summed E-state index contributed by atoms with van der Waals surface area (Å²) in [6, 6.07) is 49.4. The number of hydrogen-bond donors (Lipinski definition) is 5. The Morgan fingerprint density at radius 3 is 1.68 bits per heavy atom. The van der Waals surface area contributed by atoms with Gasteiger partial charge in [0.25, 0.3) is 10.0 Å². The summed E-state index contributed by atoms with van der Waals surface area (Å²) in [5, 5.41) is 29.5. The number of hydrogen-bond acceptors (Lipinski definition) is 9. The number of rotatable bonds is 6. The molecule has 0 spiro atoms. The van der Waals surface area contributed by atoms with Gasteiger partial charge in [0.15, 0.2) is 0 Å². The van der Waals surface area contributed by atoms with Crippen LogP contribution in [-0.2, 0) is 10.0 Å². The molecule has 8 nitrogen and oxygen atoms in total. The molecule has 0 saturated heterocycles. The van der Waals surface area contributed by atoms with Gasteiger partial charge in [0.2, 0.25) is 0 Å². The van der Waals surface area contributed by atoms with Crippen LogP contribution in [0.3, 0.4) is 0 Å². The molecule has 0 atom stereocenters. The summed E-state index contributed by atoms with van der Waals surface area (Å²) in [7, 11) is -3.69. The van der Waals surface area contributed by atoms with Crippen LogP contribution in [0.4, 0.5) is 22.7 Å². The van der Waals surface area contributed by atoms with Crippen molar-refractivity contribution in [2.45, 2.75) is 38.3 Å². The average molecular weight is 900 g/mol. The van der Waals surface area contributed by atoms with Gasteiger partial charge in [-0.05, 0) is 127 Å². The lowest BCUT2D eigenvalue weighted by atomic mass is 9.99. The number of phenols is 2. The molecule has 9 rings (SSSR count). The van der Waals surface area contributed by atoms with Gasteiger partial charge in [-0.15, -0.1) is 0 Å². The Balaban J connectivity index is 0.000000153. The molecule has 0 aromatic heterocycles. The Hall–Kier alpha value is -5.92. The maximum Gasteiger partial charge on any atom is 0.276 e. The van der Waals surface area contributed by atoms with E-state index < -0.39 is 10.0 Å². The average Bonchev–Trinajstić information content (AvgIpc) is 3.24. The molecule has 0 aliphatic carbocycles. The molecule has 0 bridgehead atoms. The molecule has 0 fully saturated rings. The first-order valence-electron chi connectivity index (χ1n) is 18.3. The van der Waals surface area contributed by atoms with Gasteiger partial charge in [-0.3, -0.25) is 0 Å². The third kappa shape index (κ3) is 10.4. The van der Waals surface area contributed by atoms with E-state index in [0.29, 0.717) is 11.5 Å². The number of hydrazone groups is 1. The highest BCUT2D eigenvalue weighted by atomic mass is 79.9. The Labute approximate surface area is 361 Å². The van der Waals surface area contributed by atoms with Crippen molar-refractivity contribution in [2.24, 2.45) is 5.10 Å². The molecular formula is C47H39BrN4O4S3. The van der Waals surface area contributed by atoms with E-state index in [9.17, 15) is 13.5 Å². The maximum absolute atomic E-state index is 12.4. The van der Waals surface area contributed by atoms with Gasteiger partial charge in [0, 0.05) is 24.1 Å². The van der Waals surface area contributed by atoms with Crippen LogP contribution in [0.15, 0.2) is 198 Å². The molecule has 2 aliphatic rings. The van der Waals surface area contributed by atoms with E-state index in [1.54, 1.807) is 85.0 Å². The van der Waals surface area contributed by atoms with Crippen LogP contribution in [0, 0.1) is 6.92 Å². The summed E-state index contributed by atoms with van der Waals surface area (Å²) < 4.78 is 25.7. The van der Waals surface area contributed by atoms with E-state index in [0.717, 1.165) is 59.9 Å². The Bertz CT molecular complexity index is 2800. The van der Waals surface area contributed by atoms with Crippen LogP contribution in [0.2, 0.25) is 0 Å². The molecule has 12 heteroatoms. The number of nitrogens with zero attached hydrogens (tertiary/aromatic N) is 1. The molecule has 296 valence electrons. The summed E-state index contributed by atoms with van der Waals surface area (Å²) in [6.07, 6.45) is 0. The number of phenolic OH excluding ortho intramolecular Hbond substituents is 2. The normalized spacial score (nSPS) is 12.2. The van der Waals surface area contributed by atoms with Crippen molar-refractivity contribution in [2.75, 3.05) is 10.6 Å². The van der Waals surface area contributed by atoms with Crippen molar-refractivity contribution >= 4 is 83.5 Å². The zero-order valence-electron chi connectivity index (χ0n) is 32.0. The number of halogens is 1. The standard InChI is InChI=1S/C21H19N3O2S2.C20H15NOS.C6H5BrO/c1-14-7-10-17(11-8-14)28(25,26)24-23-15(2)16-9-12-21-19(13-16)22-18-5-3-4-6-20(18)27-21;1-13(14-5-4-6-16(22)11-14)15-9-10-20-18(12-15)21-17-7-2-3-8-19(17)23-20;7-5-2-1-3-6(8)4-5/h3-13,22,24H,1-2H3;2-12,21-22H,1H2;1-4,8H/b23-15+;;. The molecule has 0 unspecified atom stereocenters. The highest BCUT2D eigenvalue weighted by molar-refractivity contribution is 9.10. The van der Waals surface area contributed by atoms with Crippen LogP contribution in [0.5, 0.6) is 11.5 Å². The minimum absolute atomic E-state index is 0.190. The number of fused-ring (bicyclic) bond motifs is 4. The second kappa shape index (κ2) is 18.3. The largest absolute Gasteiger partial charge is 0.508 e. The fourth-order valence-corrected chi connectivity index (χ4v) is 9.17. The van der Waals surface area contributed by atoms with E-state index in [1.165, 1.54) is 14.7 Å². The zero-order chi connectivity index (χ0) is 41.5. The monoisotopic (exact) mass is 898 g/mol. The molecule has 0 saturated carbocycles. The lowest BCUT2D eigenvalue weighted by Crippen LogP contribution is -2.20. The van der Waals surface area contributed by atoms with Crippen LogP contribution >= 0.6 is 39.5 Å².